The fourth-order valence-electron chi connectivity index (χ4n) is 2.68. The number of carbonyl (C=O) groups excluding carboxylic acids is 2. The van der Waals surface area contributed by atoms with E-state index in [1.807, 2.05) is 0 Å². The maximum atomic E-state index is 12.0. The number of nitrogens with zero attached hydrogens (tertiary/aromatic N) is 1. The molecule has 134 valence electrons. The van der Waals surface area contributed by atoms with E-state index in [-0.39, 0.29) is 33.8 Å². The highest BCUT2D eigenvalue weighted by Gasteiger charge is 2.30. The summed E-state index contributed by atoms with van der Waals surface area (Å²) >= 11 is 0.972. The van der Waals surface area contributed by atoms with E-state index in [9.17, 15) is 24.5 Å². The van der Waals surface area contributed by atoms with Crippen molar-refractivity contribution in [3.8, 4) is 0 Å². The van der Waals surface area contributed by atoms with Crippen LogP contribution < -0.4 is 11.1 Å². The number of hydrogen-bond acceptors (Lipinski definition) is 6. The molecule has 1 aromatic rings. The van der Waals surface area contributed by atoms with Gasteiger partial charge in [0.1, 0.15) is 0 Å². The molecule has 2 atom stereocenters. The summed E-state index contributed by atoms with van der Waals surface area (Å²) in [5.41, 5.74) is 4.83. The topological polar surface area (TPSA) is 153 Å². The molecule has 0 aliphatic heterocycles. The number of carboxylic acids is 1. The summed E-state index contributed by atoms with van der Waals surface area (Å²) in [6.07, 6.45) is 1.51. The molecule has 0 unspecified atom stereocenters. The predicted molar refractivity (Wildman–Crippen MR) is 89.2 cm³/mol. The van der Waals surface area contributed by atoms with Gasteiger partial charge < -0.3 is 16.2 Å². The molecule has 0 heterocycles. The van der Waals surface area contributed by atoms with E-state index in [0.717, 1.165) is 17.8 Å². The summed E-state index contributed by atoms with van der Waals surface area (Å²) in [6, 6.07) is 3.63. The number of benzene rings is 1. The van der Waals surface area contributed by atoms with Crippen molar-refractivity contribution >= 4 is 35.2 Å². The molecular weight excluding hydrogens is 350 g/mol. The lowest BCUT2D eigenvalue weighted by molar-refractivity contribution is -0.387. The molecule has 0 spiro atoms. The van der Waals surface area contributed by atoms with Gasteiger partial charge in [-0.15, -0.1) is 11.8 Å². The van der Waals surface area contributed by atoms with Crippen LogP contribution >= 0.6 is 11.8 Å². The van der Waals surface area contributed by atoms with Gasteiger partial charge in [0.15, 0.2) is 0 Å². The zero-order valence-corrected chi connectivity index (χ0v) is 14.0. The quantitative estimate of drug-likeness (QED) is 0.371. The second-order valence-corrected chi connectivity index (χ2v) is 6.72. The highest BCUT2D eigenvalue weighted by atomic mass is 32.2. The minimum atomic E-state index is -0.865. The van der Waals surface area contributed by atoms with Crippen LogP contribution in [0.15, 0.2) is 23.1 Å². The molecule has 25 heavy (non-hydrogen) atoms. The monoisotopic (exact) mass is 367 g/mol. The van der Waals surface area contributed by atoms with Crippen LogP contribution in [0.1, 0.15) is 29.6 Å². The SMILES string of the molecule is NC(=O)c1ccc(SCC(=O)N[C@@H]2CC[C@H](C(=O)O)C2)c([N+](=O)[O-])c1. The molecule has 2 amide bonds. The number of nitrogens with two attached hydrogens (primary N) is 1. The van der Waals surface area contributed by atoms with E-state index >= 15 is 0 Å². The lowest BCUT2D eigenvalue weighted by Gasteiger charge is -2.12. The Kier molecular flexibility index (Phi) is 5.97. The standard InChI is InChI=1S/C15H17N3O6S/c16-14(20)8-2-4-12(11(6-8)18(23)24)25-7-13(19)17-10-3-1-9(5-10)15(21)22/h2,4,6,9-10H,1,3,5,7H2,(H2,16,20)(H,17,19)(H,21,22)/t9-,10+/m0/s1. The van der Waals surface area contributed by atoms with E-state index in [1.165, 1.54) is 12.1 Å². The highest BCUT2D eigenvalue weighted by molar-refractivity contribution is 8.00. The summed E-state index contributed by atoms with van der Waals surface area (Å²) in [4.78, 5) is 44.7. The molecule has 1 aliphatic rings. The number of nitrogens with one attached hydrogen (secondary N) is 1. The molecule has 1 aliphatic carbocycles. The van der Waals surface area contributed by atoms with Gasteiger partial charge in [-0.05, 0) is 31.4 Å². The van der Waals surface area contributed by atoms with Crippen LogP contribution in [0.2, 0.25) is 0 Å². The normalized spacial score (nSPS) is 19.4. The minimum Gasteiger partial charge on any atom is -0.481 e. The third-order valence-electron chi connectivity index (χ3n) is 3.95. The fraction of sp³-hybridized carbons (Fsp3) is 0.400. The van der Waals surface area contributed by atoms with Crippen molar-refractivity contribution in [2.45, 2.75) is 30.2 Å². The second kappa shape index (κ2) is 7.97. The van der Waals surface area contributed by atoms with E-state index in [4.69, 9.17) is 10.8 Å². The third kappa shape index (κ3) is 4.92. The first-order valence-electron chi connectivity index (χ1n) is 7.51. The Labute approximate surface area is 147 Å². The summed E-state index contributed by atoms with van der Waals surface area (Å²) < 4.78 is 0. The lowest BCUT2D eigenvalue weighted by atomic mass is 10.1. The summed E-state index contributed by atoms with van der Waals surface area (Å²) in [7, 11) is 0. The van der Waals surface area contributed by atoms with Crippen LogP contribution in [-0.2, 0) is 9.59 Å². The largest absolute Gasteiger partial charge is 0.481 e. The lowest BCUT2D eigenvalue weighted by Crippen LogP contribution is -2.34. The average molecular weight is 367 g/mol. The molecule has 0 radical (unpaired) electrons. The zero-order valence-electron chi connectivity index (χ0n) is 13.1. The van der Waals surface area contributed by atoms with Crippen LogP contribution in [-0.4, -0.2) is 39.6 Å². The molecule has 0 aromatic heterocycles. The number of nitro groups is 1. The van der Waals surface area contributed by atoms with Gasteiger partial charge in [0.25, 0.3) is 5.69 Å². The van der Waals surface area contributed by atoms with Crippen molar-refractivity contribution in [2.75, 3.05) is 5.75 Å². The molecule has 4 N–H and O–H groups in total. The predicted octanol–water partition coefficient (Wildman–Crippen LogP) is 1.16. The number of amides is 2. The van der Waals surface area contributed by atoms with Crippen molar-refractivity contribution in [3.05, 3.63) is 33.9 Å². The molecule has 9 nitrogen and oxygen atoms in total. The van der Waals surface area contributed by atoms with E-state index in [0.29, 0.717) is 19.3 Å². The van der Waals surface area contributed by atoms with Crippen molar-refractivity contribution in [3.63, 3.8) is 0 Å². The van der Waals surface area contributed by atoms with E-state index < -0.39 is 22.7 Å². The highest BCUT2D eigenvalue weighted by Crippen LogP contribution is 2.30. The summed E-state index contributed by atoms with van der Waals surface area (Å²) in [5.74, 6) is -2.46. The Morgan fingerprint density at radius 2 is 2.08 bits per heavy atom. The molecular formula is C15H17N3O6S. The summed E-state index contributed by atoms with van der Waals surface area (Å²) in [5, 5.41) is 22.8. The van der Waals surface area contributed by atoms with Gasteiger partial charge in [-0.3, -0.25) is 24.5 Å². The number of carboxylic acid groups (broad SMARTS) is 1. The maximum absolute atomic E-state index is 12.0. The Balaban J connectivity index is 1.94. The third-order valence-corrected chi connectivity index (χ3v) is 5.01. The Morgan fingerprint density at radius 3 is 2.64 bits per heavy atom. The van der Waals surface area contributed by atoms with Crippen LogP contribution in [0.3, 0.4) is 0 Å². The number of primary amides is 1. The molecule has 1 aromatic carbocycles. The average Bonchev–Trinajstić information content (AvgIpc) is 3.01. The van der Waals surface area contributed by atoms with Gasteiger partial charge in [0.2, 0.25) is 11.8 Å². The van der Waals surface area contributed by atoms with Crippen LogP contribution in [0.25, 0.3) is 0 Å². The van der Waals surface area contributed by atoms with Crippen molar-refractivity contribution in [1.29, 1.82) is 0 Å². The first-order valence-corrected chi connectivity index (χ1v) is 8.49. The first-order chi connectivity index (χ1) is 11.8. The molecule has 0 saturated heterocycles. The van der Waals surface area contributed by atoms with Crippen molar-refractivity contribution in [1.82, 2.24) is 5.32 Å². The number of hydrogen-bond donors (Lipinski definition) is 3. The molecule has 1 fully saturated rings. The number of thioether (sulfide) groups is 1. The number of nitro benzene ring substituents is 1. The molecule has 2 rings (SSSR count). The number of aliphatic carboxylic acids is 1. The first kappa shape index (κ1) is 18.7. The van der Waals surface area contributed by atoms with Gasteiger partial charge in [0.05, 0.1) is 21.5 Å². The van der Waals surface area contributed by atoms with Crippen LogP contribution in [0.4, 0.5) is 5.69 Å². The number of carbonyl (C=O) groups is 3. The van der Waals surface area contributed by atoms with Crippen LogP contribution in [0, 0.1) is 16.0 Å². The van der Waals surface area contributed by atoms with Gasteiger partial charge in [-0.25, -0.2) is 0 Å². The molecule has 10 heteroatoms. The Hall–Kier alpha value is -2.62. The van der Waals surface area contributed by atoms with Gasteiger partial charge in [-0.2, -0.15) is 0 Å². The fourth-order valence-corrected chi connectivity index (χ4v) is 3.50. The molecule has 0 bridgehead atoms. The Morgan fingerprint density at radius 1 is 1.36 bits per heavy atom. The van der Waals surface area contributed by atoms with Crippen molar-refractivity contribution in [2.24, 2.45) is 11.7 Å². The Bertz CT molecular complexity index is 723. The minimum absolute atomic E-state index is 0.0196. The second-order valence-electron chi connectivity index (χ2n) is 5.71. The molecule has 1 saturated carbocycles. The van der Waals surface area contributed by atoms with E-state index in [1.54, 1.807) is 0 Å². The van der Waals surface area contributed by atoms with Crippen LogP contribution in [0.5, 0.6) is 0 Å². The van der Waals surface area contributed by atoms with Gasteiger partial charge >= 0.3 is 5.97 Å². The van der Waals surface area contributed by atoms with Gasteiger partial charge in [0, 0.05) is 17.7 Å². The maximum Gasteiger partial charge on any atom is 0.306 e. The summed E-state index contributed by atoms with van der Waals surface area (Å²) in [6.45, 7) is 0. The van der Waals surface area contributed by atoms with Crippen molar-refractivity contribution < 1.29 is 24.4 Å². The van der Waals surface area contributed by atoms with E-state index in [2.05, 4.69) is 5.32 Å². The smallest absolute Gasteiger partial charge is 0.306 e. The zero-order chi connectivity index (χ0) is 18.6. The van der Waals surface area contributed by atoms with Gasteiger partial charge in [-0.1, -0.05) is 0 Å². The number of rotatable bonds is 7.